The van der Waals surface area contributed by atoms with Gasteiger partial charge in [-0.15, -0.1) is 0 Å². The van der Waals surface area contributed by atoms with Crippen molar-refractivity contribution in [2.45, 2.75) is 31.7 Å². The molecule has 4 aliphatic rings. The summed E-state index contributed by atoms with van der Waals surface area (Å²) in [6, 6.07) is 4.39. The molecule has 146 valence electrons. The van der Waals surface area contributed by atoms with Crippen LogP contribution in [-0.2, 0) is 9.59 Å². The number of hydrogen-bond donors (Lipinski definition) is 2. The Bertz CT molecular complexity index is 897. The van der Waals surface area contributed by atoms with Gasteiger partial charge in [0.2, 0.25) is 11.8 Å². The second kappa shape index (κ2) is 6.13. The maximum absolute atomic E-state index is 13.2. The van der Waals surface area contributed by atoms with Crippen LogP contribution in [0.1, 0.15) is 46.4 Å². The molecule has 0 radical (unpaired) electrons. The number of benzene rings is 1. The molecule has 3 fully saturated rings. The lowest BCUT2D eigenvalue weighted by Gasteiger charge is -2.54. The van der Waals surface area contributed by atoms with Crippen LogP contribution in [0.4, 0.5) is 5.69 Å². The molecule has 2 N–H and O–H groups in total. The van der Waals surface area contributed by atoms with Crippen molar-refractivity contribution in [2.24, 2.45) is 5.41 Å². The molecule has 3 saturated heterocycles. The highest BCUT2D eigenvalue weighted by Gasteiger charge is 2.49. The van der Waals surface area contributed by atoms with Crippen molar-refractivity contribution in [1.29, 1.82) is 0 Å². The summed E-state index contributed by atoms with van der Waals surface area (Å²) in [6.07, 6.45) is 2.53. The summed E-state index contributed by atoms with van der Waals surface area (Å²) in [5.41, 5.74) is 1.80. The number of piperidine rings is 2. The van der Waals surface area contributed by atoms with Crippen LogP contribution in [0.15, 0.2) is 18.2 Å². The zero-order valence-corrected chi connectivity index (χ0v) is 15.5. The Morgan fingerprint density at radius 2 is 1.75 bits per heavy atom. The van der Waals surface area contributed by atoms with Crippen molar-refractivity contribution < 1.29 is 19.2 Å². The summed E-state index contributed by atoms with van der Waals surface area (Å²) in [5, 5.41) is 5.61. The van der Waals surface area contributed by atoms with E-state index in [0.29, 0.717) is 16.5 Å². The first-order valence-electron chi connectivity index (χ1n) is 9.79. The average Bonchev–Trinajstić information content (AvgIpc) is 2.92. The molecule has 0 saturated carbocycles. The van der Waals surface area contributed by atoms with E-state index in [0.717, 1.165) is 49.6 Å². The molecule has 5 rings (SSSR count). The van der Waals surface area contributed by atoms with Crippen LogP contribution in [0.3, 0.4) is 0 Å². The van der Waals surface area contributed by atoms with E-state index in [1.165, 1.54) is 0 Å². The van der Waals surface area contributed by atoms with E-state index in [2.05, 4.69) is 15.5 Å². The third-order valence-electron chi connectivity index (χ3n) is 6.50. The van der Waals surface area contributed by atoms with Crippen LogP contribution in [0, 0.1) is 5.41 Å². The molecule has 1 aromatic rings. The molecule has 1 atom stereocenters. The second-order valence-corrected chi connectivity index (χ2v) is 8.25. The van der Waals surface area contributed by atoms with Gasteiger partial charge in [-0.3, -0.25) is 29.4 Å². The van der Waals surface area contributed by atoms with Gasteiger partial charge >= 0.3 is 0 Å². The molecule has 1 spiro atoms. The molecule has 0 bridgehead atoms. The highest BCUT2D eigenvalue weighted by atomic mass is 16.2. The van der Waals surface area contributed by atoms with Gasteiger partial charge in [0.25, 0.3) is 11.8 Å². The topological polar surface area (TPSA) is 98.8 Å². The number of nitrogens with one attached hydrogen (secondary N) is 2. The summed E-state index contributed by atoms with van der Waals surface area (Å²) in [4.78, 5) is 52.9. The van der Waals surface area contributed by atoms with Crippen molar-refractivity contribution >= 4 is 29.3 Å². The summed E-state index contributed by atoms with van der Waals surface area (Å²) in [5.74, 6) is -1.83. The summed E-state index contributed by atoms with van der Waals surface area (Å²) in [7, 11) is 0. The van der Waals surface area contributed by atoms with Gasteiger partial charge in [-0.1, -0.05) is 6.07 Å². The molecule has 1 aromatic carbocycles. The van der Waals surface area contributed by atoms with E-state index in [9.17, 15) is 19.2 Å². The van der Waals surface area contributed by atoms with Gasteiger partial charge in [0.1, 0.15) is 6.04 Å². The van der Waals surface area contributed by atoms with Gasteiger partial charge < -0.3 is 10.2 Å². The molecular weight excluding hydrogens is 360 g/mol. The van der Waals surface area contributed by atoms with E-state index in [1.54, 1.807) is 12.1 Å². The maximum Gasteiger partial charge on any atom is 0.264 e. The number of carbonyl (C=O) groups is 4. The second-order valence-electron chi connectivity index (χ2n) is 8.25. The minimum absolute atomic E-state index is 0.124. The number of anilines is 1. The lowest BCUT2D eigenvalue weighted by Crippen LogP contribution is -2.60. The zero-order valence-electron chi connectivity index (χ0n) is 15.5. The fraction of sp³-hybridized carbons (Fsp3) is 0.500. The number of amides is 4. The number of imide groups is 2. The fourth-order valence-corrected chi connectivity index (χ4v) is 4.97. The molecule has 8 nitrogen and oxygen atoms in total. The fourth-order valence-electron chi connectivity index (χ4n) is 4.97. The van der Waals surface area contributed by atoms with Crippen LogP contribution < -0.4 is 15.5 Å². The molecule has 1 unspecified atom stereocenters. The first-order chi connectivity index (χ1) is 13.5. The Balaban J connectivity index is 1.43. The van der Waals surface area contributed by atoms with E-state index >= 15 is 0 Å². The minimum atomic E-state index is -0.926. The Morgan fingerprint density at radius 1 is 1.00 bits per heavy atom. The van der Waals surface area contributed by atoms with Crippen LogP contribution in [-0.4, -0.2) is 60.7 Å². The molecule has 4 heterocycles. The molecule has 4 aliphatic heterocycles. The van der Waals surface area contributed by atoms with Gasteiger partial charge in [0.05, 0.1) is 16.8 Å². The Kier molecular flexibility index (Phi) is 3.80. The molecule has 4 amide bonds. The van der Waals surface area contributed by atoms with E-state index in [1.807, 2.05) is 6.07 Å². The lowest BCUT2D eigenvalue weighted by atomic mass is 9.72. The maximum atomic E-state index is 13.2. The average molecular weight is 382 g/mol. The van der Waals surface area contributed by atoms with Gasteiger partial charge in [-0.25, -0.2) is 0 Å². The van der Waals surface area contributed by atoms with Crippen LogP contribution in [0.25, 0.3) is 0 Å². The number of hydrogen-bond acceptors (Lipinski definition) is 6. The molecular formula is C20H22N4O4. The number of fused-ring (bicyclic) bond motifs is 1. The standard InChI is InChI=1S/C20H22N4O4/c25-15-5-4-14(17(26)22-15)24-18(27)12-2-1-3-13(16(12)19(24)28)23-10-20(11-23)6-8-21-9-7-20/h1-3,14,21H,4-11H2,(H,22,25,26). The molecule has 0 aromatic heterocycles. The highest BCUT2D eigenvalue weighted by molar-refractivity contribution is 6.25. The number of rotatable bonds is 2. The van der Waals surface area contributed by atoms with Crippen LogP contribution >= 0.6 is 0 Å². The lowest BCUT2D eigenvalue weighted by molar-refractivity contribution is -0.136. The Morgan fingerprint density at radius 3 is 2.46 bits per heavy atom. The monoisotopic (exact) mass is 382 g/mol. The van der Waals surface area contributed by atoms with Crippen molar-refractivity contribution in [3.05, 3.63) is 29.3 Å². The summed E-state index contributed by atoms with van der Waals surface area (Å²) in [6.45, 7) is 3.79. The van der Waals surface area contributed by atoms with E-state index in [4.69, 9.17) is 0 Å². The van der Waals surface area contributed by atoms with Crippen molar-refractivity contribution in [3.8, 4) is 0 Å². The van der Waals surface area contributed by atoms with Gasteiger partial charge in [0.15, 0.2) is 0 Å². The third kappa shape index (κ3) is 2.47. The van der Waals surface area contributed by atoms with Crippen molar-refractivity contribution in [3.63, 3.8) is 0 Å². The van der Waals surface area contributed by atoms with Gasteiger partial charge in [-0.2, -0.15) is 0 Å². The summed E-state index contributed by atoms with van der Waals surface area (Å²) < 4.78 is 0. The van der Waals surface area contributed by atoms with Crippen molar-refractivity contribution in [2.75, 3.05) is 31.1 Å². The Hall–Kier alpha value is -2.74. The Labute approximate surface area is 162 Å². The van der Waals surface area contributed by atoms with Gasteiger partial charge in [-0.05, 0) is 44.5 Å². The molecule has 28 heavy (non-hydrogen) atoms. The quantitative estimate of drug-likeness (QED) is 0.713. The van der Waals surface area contributed by atoms with Crippen LogP contribution in [0.5, 0.6) is 0 Å². The minimum Gasteiger partial charge on any atom is -0.370 e. The SMILES string of the molecule is O=C1CCC(N2C(=O)c3cccc(N4CC5(CCNCC5)C4)c3C2=O)C(=O)N1. The first kappa shape index (κ1) is 17.4. The molecule has 0 aliphatic carbocycles. The third-order valence-corrected chi connectivity index (χ3v) is 6.50. The number of nitrogens with zero attached hydrogens (tertiary/aromatic N) is 2. The normalized spacial score (nSPS) is 26.4. The smallest absolute Gasteiger partial charge is 0.264 e. The van der Waals surface area contributed by atoms with E-state index < -0.39 is 23.8 Å². The first-order valence-corrected chi connectivity index (χ1v) is 9.79. The van der Waals surface area contributed by atoms with Crippen molar-refractivity contribution in [1.82, 2.24) is 15.5 Å². The molecule has 8 heteroatoms. The predicted octanol–water partition coefficient (Wildman–Crippen LogP) is 0.278. The van der Waals surface area contributed by atoms with Crippen LogP contribution in [0.2, 0.25) is 0 Å². The van der Waals surface area contributed by atoms with E-state index in [-0.39, 0.29) is 18.7 Å². The zero-order chi connectivity index (χ0) is 19.5. The highest BCUT2D eigenvalue weighted by Crippen LogP contribution is 2.44. The summed E-state index contributed by atoms with van der Waals surface area (Å²) >= 11 is 0. The largest absolute Gasteiger partial charge is 0.370 e. The van der Waals surface area contributed by atoms with Gasteiger partial charge in [0, 0.05) is 24.9 Å². The number of carbonyl (C=O) groups excluding carboxylic acids is 4. The predicted molar refractivity (Wildman–Crippen MR) is 99.9 cm³/mol.